The number of nitrogens with zero attached hydrogens (tertiary/aromatic N) is 4. The number of carbonyl (C=O) groups excluding carboxylic acids is 1. The molecule has 0 aliphatic rings. The largest absolute Gasteiger partial charge is 0.462 e. The van der Waals surface area contributed by atoms with Crippen LogP contribution in [0.3, 0.4) is 0 Å². The van der Waals surface area contributed by atoms with Crippen molar-refractivity contribution in [2.75, 3.05) is 11.9 Å². The van der Waals surface area contributed by atoms with Crippen LogP contribution in [0, 0.1) is 13.8 Å². The lowest BCUT2D eigenvalue weighted by Gasteiger charge is -2.09. The third-order valence-electron chi connectivity index (χ3n) is 4.54. The maximum Gasteiger partial charge on any atom is 0.338 e. The summed E-state index contributed by atoms with van der Waals surface area (Å²) in [7, 11) is 0. The fourth-order valence-corrected chi connectivity index (χ4v) is 3.29. The number of benzene rings is 1. The third-order valence-corrected chi connectivity index (χ3v) is 4.54. The molecule has 4 aromatic rings. The van der Waals surface area contributed by atoms with Gasteiger partial charge in [-0.1, -0.05) is 18.2 Å². The summed E-state index contributed by atoms with van der Waals surface area (Å²) < 4.78 is 6.89. The van der Waals surface area contributed by atoms with Gasteiger partial charge in [-0.2, -0.15) is 5.10 Å². The molecule has 0 spiro atoms. The molecule has 0 saturated heterocycles. The molecule has 0 aliphatic carbocycles. The van der Waals surface area contributed by atoms with E-state index >= 15 is 0 Å². The second-order valence-electron chi connectivity index (χ2n) is 6.63. The Balaban J connectivity index is 1.74. The molecule has 0 unspecified atom stereocenters. The van der Waals surface area contributed by atoms with Gasteiger partial charge >= 0.3 is 5.97 Å². The van der Waals surface area contributed by atoms with E-state index in [1.165, 1.54) is 0 Å². The minimum Gasteiger partial charge on any atom is -0.462 e. The molecule has 4 rings (SSSR count). The van der Waals surface area contributed by atoms with Gasteiger partial charge in [-0.05, 0) is 56.7 Å². The summed E-state index contributed by atoms with van der Waals surface area (Å²) in [6.07, 6.45) is 1.57. The van der Waals surface area contributed by atoms with Crippen LogP contribution in [-0.2, 0) is 4.74 Å². The van der Waals surface area contributed by atoms with E-state index in [4.69, 9.17) is 9.72 Å². The average Bonchev–Trinajstić information content (AvgIpc) is 3.06. The van der Waals surface area contributed by atoms with E-state index < -0.39 is 0 Å². The SMILES string of the molecule is CCOC(=O)c1ccnc(Nc2cc(C)c3c(C)nn(-c4ccccc4)c3n2)c1. The quantitative estimate of drug-likeness (QED) is 0.513. The molecule has 3 aromatic heterocycles. The molecule has 0 saturated carbocycles. The van der Waals surface area contributed by atoms with Gasteiger partial charge in [-0.15, -0.1) is 0 Å². The number of pyridine rings is 2. The second-order valence-corrected chi connectivity index (χ2v) is 6.63. The molecule has 146 valence electrons. The van der Waals surface area contributed by atoms with E-state index in [0.717, 1.165) is 28.0 Å². The summed E-state index contributed by atoms with van der Waals surface area (Å²) in [6, 6.07) is 15.1. The van der Waals surface area contributed by atoms with Crippen molar-refractivity contribution in [2.45, 2.75) is 20.8 Å². The second kappa shape index (κ2) is 7.71. The van der Waals surface area contributed by atoms with Crippen molar-refractivity contribution in [1.29, 1.82) is 0 Å². The van der Waals surface area contributed by atoms with Gasteiger partial charge in [0.2, 0.25) is 0 Å². The van der Waals surface area contributed by atoms with Crippen LogP contribution in [0.4, 0.5) is 11.6 Å². The number of esters is 1. The summed E-state index contributed by atoms with van der Waals surface area (Å²) in [5.41, 5.74) is 4.11. The van der Waals surface area contributed by atoms with Crippen LogP contribution < -0.4 is 5.32 Å². The minimum atomic E-state index is -0.379. The van der Waals surface area contributed by atoms with Crippen molar-refractivity contribution < 1.29 is 9.53 Å². The zero-order chi connectivity index (χ0) is 20.4. The molecule has 0 bridgehead atoms. The first-order valence-corrected chi connectivity index (χ1v) is 9.39. The topological polar surface area (TPSA) is 81.9 Å². The number of anilines is 2. The van der Waals surface area contributed by atoms with Crippen molar-refractivity contribution in [1.82, 2.24) is 19.7 Å². The third kappa shape index (κ3) is 3.67. The van der Waals surface area contributed by atoms with Gasteiger partial charge in [0.1, 0.15) is 11.6 Å². The molecule has 29 heavy (non-hydrogen) atoms. The Morgan fingerprint density at radius 1 is 1.10 bits per heavy atom. The molecule has 0 atom stereocenters. The summed E-state index contributed by atoms with van der Waals surface area (Å²) in [6.45, 7) is 6.11. The molecule has 0 amide bonds. The molecule has 0 aliphatic heterocycles. The van der Waals surface area contributed by atoms with Crippen LogP contribution in [0.2, 0.25) is 0 Å². The minimum absolute atomic E-state index is 0.324. The number of hydrogen-bond donors (Lipinski definition) is 1. The van der Waals surface area contributed by atoms with Crippen molar-refractivity contribution in [2.24, 2.45) is 0 Å². The number of aryl methyl sites for hydroxylation is 2. The highest BCUT2D eigenvalue weighted by Crippen LogP contribution is 2.27. The van der Waals surface area contributed by atoms with Gasteiger partial charge in [0.25, 0.3) is 0 Å². The standard InChI is InChI=1S/C22H21N5O2/c1-4-29-22(28)16-10-11-23-18(13-16)24-19-12-14(2)20-15(3)26-27(21(20)25-19)17-8-6-5-7-9-17/h5-13H,4H2,1-3H3,(H,23,24,25). The lowest BCUT2D eigenvalue weighted by atomic mass is 10.1. The van der Waals surface area contributed by atoms with Crippen molar-refractivity contribution >= 4 is 28.6 Å². The molecule has 0 fully saturated rings. The van der Waals surface area contributed by atoms with Gasteiger partial charge in [0, 0.05) is 11.6 Å². The average molecular weight is 387 g/mol. The van der Waals surface area contributed by atoms with E-state index in [9.17, 15) is 4.79 Å². The number of hydrogen-bond acceptors (Lipinski definition) is 6. The van der Waals surface area contributed by atoms with Crippen molar-refractivity contribution in [3.8, 4) is 5.69 Å². The summed E-state index contributed by atoms with van der Waals surface area (Å²) in [4.78, 5) is 21.0. The predicted molar refractivity (Wildman–Crippen MR) is 112 cm³/mol. The number of para-hydroxylation sites is 1. The summed E-state index contributed by atoms with van der Waals surface area (Å²) >= 11 is 0. The Hall–Kier alpha value is -3.74. The van der Waals surface area contributed by atoms with E-state index in [1.54, 1.807) is 25.3 Å². The molecule has 1 N–H and O–H groups in total. The van der Waals surface area contributed by atoms with E-state index in [-0.39, 0.29) is 5.97 Å². The highest BCUT2D eigenvalue weighted by Gasteiger charge is 2.15. The van der Waals surface area contributed by atoms with E-state index in [1.807, 2.05) is 54.9 Å². The number of fused-ring (bicyclic) bond motifs is 1. The highest BCUT2D eigenvalue weighted by molar-refractivity contribution is 5.90. The maximum atomic E-state index is 12.0. The van der Waals surface area contributed by atoms with Crippen LogP contribution in [0.5, 0.6) is 0 Å². The Kier molecular flexibility index (Phi) is 4.95. The van der Waals surface area contributed by atoms with E-state index in [2.05, 4.69) is 15.4 Å². The lowest BCUT2D eigenvalue weighted by Crippen LogP contribution is -2.06. The van der Waals surface area contributed by atoms with Crippen molar-refractivity contribution in [3.63, 3.8) is 0 Å². The number of nitrogens with one attached hydrogen (secondary N) is 1. The number of aromatic nitrogens is 4. The van der Waals surface area contributed by atoms with Gasteiger partial charge < -0.3 is 10.1 Å². The molecular formula is C22H21N5O2. The fraction of sp³-hybridized carbons (Fsp3) is 0.182. The smallest absolute Gasteiger partial charge is 0.338 e. The zero-order valence-corrected chi connectivity index (χ0v) is 16.5. The Bertz CT molecular complexity index is 1180. The van der Waals surface area contributed by atoms with Gasteiger partial charge in [0.05, 0.1) is 23.6 Å². The number of carbonyl (C=O) groups is 1. The molecule has 7 nitrogen and oxygen atoms in total. The van der Waals surface area contributed by atoms with Crippen LogP contribution >= 0.6 is 0 Å². The van der Waals surface area contributed by atoms with Crippen molar-refractivity contribution in [3.05, 3.63) is 71.5 Å². The molecule has 3 heterocycles. The monoisotopic (exact) mass is 387 g/mol. The number of rotatable bonds is 5. The zero-order valence-electron chi connectivity index (χ0n) is 16.5. The van der Waals surface area contributed by atoms with Gasteiger partial charge in [0.15, 0.2) is 5.65 Å². The number of ether oxygens (including phenoxy) is 1. The first-order chi connectivity index (χ1) is 14.1. The summed E-state index contributed by atoms with van der Waals surface area (Å²) in [5, 5.41) is 8.89. The lowest BCUT2D eigenvalue weighted by molar-refractivity contribution is 0.0526. The Labute approximate surface area is 168 Å². The van der Waals surface area contributed by atoms with Crippen LogP contribution in [0.15, 0.2) is 54.7 Å². The van der Waals surface area contributed by atoms with E-state index in [0.29, 0.717) is 23.8 Å². The normalized spacial score (nSPS) is 10.9. The Morgan fingerprint density at radius 2 is 1.90 bits per heavy atom. The van der Waals surface area contributed by atoms with Crippen LogP contribution in [0.25, 0.3) is 16.7 Å². The van der Waals surface area contributed by atoms with Gasteiger partial charge in [-0.3, -0.25) is 0 Å². The molecule has 0 radical (unpaired) electrons. The summed E-state index contributed by atoms with van der Waals surface area (Å²) in [5.74, 6) is 0.764. The van der Waals surface area contributed by atoms with Crippen LogP contribution in [-0.4, -0.2) is 32.3 Å². The maximum absolute atomic E-state index is 12.0. The molecular weight excluding hydrogens is 366 g/mol. The first-order valence-electron chi connectivity index (χ1n) is 9.39. The molecule has 7 heteroatoms. The fourth-order valence-electron chi connectivity index (χ4n) is 3.29. The van der Waals surface area contributed by atoms with Gasteiger partial charge in [-0.25, -0.2) is 19.4 Å². The Morgan fingerprint density at radius 3 is 2.66 bits per heavy atom. The van der Waals surface area contributed by atoms with Crippen LogP contribution in [0.1, 0.15) is 28.5 Å². The first kappa shape index (κ1) is 18.6. The highest BCUT2D eigenvalue weighted by atomic mass is 16.5. The molecule has 1 aromatic carbocycles. The predicted octanol–water partition coefficient (Wildman–Crippen LogP) is 4.35.